The van der Waals surface area contributed by atoms with Crippen LogP contribution in [0.4, 0.5) is 0 Å². The molecule has 4 heteroatoms. The number of methoxy groups -OCH3 is 1. The van der Waals surface area contributed by atoms with E-state index in [2.05, 4.69) is 0 Å². The Balaban J connectivity index is 1.77. The molecule has 3 atom stereocenters. The number of nitrogens with zero attached hydrogens (tertiary/aromatic N) is 1. The minimum Gasteiger partial charge on any atom is -0.497 e. The van der Waals surface area contributed by atoms with Crippen LogP contribution in [0.1, 0.15) is 24.8 Å². The Hall–Kier alpha value is -1.55. The van der Waals surface area contributed by atoms with Gasteiger partial charge in [0.15, 0.2) is 0 Å². The van der Waals surface area contributed by atoms with Gasteiger partial charge < -0.3 is 15.2 Å². The molecule has 1 saturated carbocycles. The SMILES string of the molecule is COc1cccc(C2=NC3CCC(CN)CC3O2)c1. The number of rotatable bonds is 3. The molecule has 4 nitrogen and oxygen atoms in total. The van der Waals surface area contributed by atoms with Crippen LogP contribution in [0.2, 0.25) is 0 Å². The van der Waals surface area contributed by atoms with E-state index in [0.717, 1.165) is 43.0 Å². The lowest BCUT2D eigenvalue weighted by atomic mass is 9.84. The van der Waals surface area contributed by atoms with Crippen molar-refractivity contribution >= 4 is 5.90 Å². The van der Waals surface area contributed by atoms with E-state index in [1.807, 2.05) is 24.3 Å². The number of fused-ring (bicyclic) bond motifs is 1. The van der Waals surface area contributed by atoms with Crippen molar-refractivity contribution in [1.82, 2.24) is 0 Å². The van der Waals surface area contributed by atoms with Crippen molar-refractivity contribution in [3.63, 3.8) is 0 Å². The Kier molecular flexibility index (Phi) is 3.42. The Morgan fingerprint density at radius 1 is 1.42 bits per heavy atom. The first kappa shape index (κ1) is 12.5. The first-order valence-electron chi connectivity index (χ1n) is 6.89. The molecule has 102 valence electrons. The fraction of sp³-hybridized carbons (Fsp3) is 0.533. The van der Waals surface area contributed by atoms with Crippen LogP contribution in [-0.2, 0) is 4.74 Å². The second kappa shape index (κ2) is 5.21. The van der Waals surface area contributed by atoms with Gasteiger partial charge in [0.25, 0.3) is 0 Å². The normalized spacial score (nSPS) is 29.4. The molecule has 2 aliphatic rings. The summed E-state index contributed by atoms with van der Waals surface area (Å²) in [6.45, 7) is 0.751. The standard InChI is InChI=1S/C15H20N2O2/c1-18-12-4-2-3-11(8-12)15-17-13-6-5-10(9-16)7-14(13)19-15/h2-4,8,10,13-14H,5-7,9,16H2,1H3. The van der Waals surface area contributed by atoms with E-state index >= 15 is 0 Å². The zero-order valence-corrected chi connectivity index (χ0v) is 11.2. The first-order chi connectivity index (χ1) is 9.30. The van der Waals surface area contributed by atoms with Gasteiger partial charge in [-0.3, -0.25) is 0 Å². The molecule has 0 spiro atoms. The molecule has 0 saturated heterocycles. The average molecular weight is 260 g/mol. The lowest BCUT2D eigenvalue weighted by Crippen LogP contribution is -2.34. The maximum atomic E-state index is 6.02. The van der Waals surface area contributed by atoms with Crippen molar-refractivity contribution in [2.75, 3.05) is 13.7 Å². The summed E-state index contributed by atoms with van der Waals surface area (Å²) in [5, 5.41) is 0. The highest BCUT2D eigenvalue weighted by atomic mass is 16.5. The smallest absolute Gasteiger partial charge is 0.216 e. The van der Waals surface area contributed by atoms with Gasteiger partial charge in [0.1, 0.15) is 11.9 Å². The predicted molar refractivity (Wildman–Crippen MR) is 74.6 cm³/mol. The molecule has 2 N–H and O–H groups in total. The third kappa shape index (κ3) is 2.45. The van der Waals surface area contributed by atoms with Gasteiger partial charge in [0, 0.05) is 5.56 Å². The summed E-state index contributed by atoms with van der Waals surface area (Å²) in [5.74, 6) is 2.17. The second-order valence-corrected chi connectivity index (χ2v) is 5.30. The summed E-state index contributed by atoms with van der Waals surface area (Å²) in [4.78, 5) is 4.72. The van der Waals surface area contributed by atoms with Crippen LogP contribution in [0, 0.1) is 5.92 Å². The van der Waals surface area contributed by atoms with Crippen LogP contribution >= 0.6 is 0 Å². The monoisotopic (exact) mass is 260 g/mol. The van der Waals surface area contributed by atoms with Gasteiger partial charge in [-0.1, -0.05) is 6.07 Å². The highest BCUT2D eigenvalue weighted by Crippen LogP contribution is 2.33. The van der Waals surface area contributed by atoms with E-state index in [-0.39, 0.29) is 6.10 Å². The van der Waals surface area contributed by atoms with Gasteiger partial charge in [0.2, 0.25) is 5.90 Å². The molecule has 1 aromatic carbocycles. The van der Waals surface area contributed by atoms with E-state index in [1.54, 1.807) is 7.11 Å². The van der Waals surface area contributed by atoms with E-state index in [1.165, 1.54) is 0 Å². The van der Waals surface area contributed by atoms with Gasteiger partial charge in [-0.2, -0.15) is 0 Å². The Labute approximate surface area is 113 Å². The Morgan fingerprint density at radius 2 is 2.32 bits per heavy atom. The number of nitrogens with two attached hydrogens (primary N) is 1. The van der Waals surface area contributed by atoms with Crippen molar-refractivity contribution in [3.05, 3.63) is 29.8 Å². The third-order valence-corrected chi connectivity index (χ3v) is 4.06. The van der Waals surface area contributed by atoms with E-state index in [9.17, 15) is 0 Å². The van der Waals surface area contributed by atoms with Crippen molar-refractivity contribution in [3.8, 4) is 5.75 Å². The molecule has 1 aliphatic carbocycles. The highest BCUT2D eigenvalue weighted by molar-refractivity contribution is 5.95. The molecule has 1 aromatic rings. The lowest BCUT2D eigenvalue weighted by molar-refractivity contribution is 0.123. The molecular formula is C15H20N2O2. The minimum atomic E-state index is 0.212. The zero-order chi connectivity index (χ0) is 13.2. The number of ether oxygens (including phenoxy) is 2. The lowest BCUT2D eigenvalue weighted by Gasteiger charge is -2.28. The van der Waals surface area contributed by atoms with Crippen LogP contribution in [0.15, 0.2) is 29.3 Å². The largest absolute Gasteiger partial charge is 0.497 e. The number of benzene rings is 1. The highest BCUT2D eigenvalue weighted by Gasteiger charge is 2.36. The average Bonchev–Trinajstić information content (AvgIpc) is 2.90. The van der Waals surface area contributed by atoms with E-state index < -0.39 is 0 Å². The fourth-order valence-electron chi connectivity index (χ4n) is 2.91. The Morgan fingerprint density at radius 3 is 3.11 bits per heavy atom. The molecule has 0 radical (unpaired) electrons. The van der Waals surface area contributed by atoms with Crippen LogP contribution < -0.4 is 10.5 Å². The van der Waals surface area contributed by atoms with Gasteiger partial charge >= 0.3 is 0 Å². The van der Waals surface area contributed by atoms with Crippen molar-refractivity contribution in [2.24, 2.45) is 16.6 Å². The first-order valence-corrected chi connectivity index (χ1v) is 6.89. The van der Waals surface area contributed by atoms with E-state index in [4.69, 9.17) is 20.2 Å². The van der Waals surface area contributed by atoms with Gasteiger partial charge in [-0.15, -0.1) is 0 Å². The number of hydrogen-bond acceptors (Lipinski definition) is 4. The Bertz CT molecular complexity index is 487. The number of hydrogen-bond donors (Lipinski definition) is 1. The van der Waals surface area contributed by atoms with Crippen LogP contribution in [-0.4, -0.2) is 31.7 Å². The molecule has 3 unspecified atom stereocenters. The zero-order valence-electron chi connectivity index (χ0n) is 11.2. The number of aliphatic imine (C=N–C) groups is 1. The molecular weight excluding hydrogens is 240 g/mol. The van der Waals surface area contributed by atoms with Crippen molar-refractivity contribution in [2.45, 2.75) is 31.4 Å². The summed E-state index contributed by atoms with van der Waals surface area (Å²) in [6.07, 6.45) is 3.48. The summed E-state index contributed by atoms with van der Waals surface area (Å²) in [5.41, 5.74) is 6.76. The van der Waals surface area contributed by atoms with Crippen LogP contribution in [0.5, 0.6) is 5.75 Å². The van der Waals surface area contributed by atoms with Crippen molar-refractivity contribution in [1.29, 1.82) is 0 Å². The molecule has 0 aromatic heterocycles. The van der Waals surface area contributed by atoms with Crippen molar-refractivity contribution < 1.29 is 9.47 Å². The maximum Gasteiger partial charge on any atom is 0.216 e. The summed E-state index contributed by atoms with van der Waals surface area (Å²) in [6, 6.07) is 8.18. The second-order valence-electron chi connectivity index (χ2n) is 5.30. The van der Waals surface area contributed by atoms with Gasteiger partial charge in [-0.05, 0) is 49.9 Å². The summed E-state index contributed by atoms with van der Waals surface area (Å²) in [7, 11) is 1.67. The topological polar surface area (TPSA) is 56.8 Å². The molecule has 1 heterocycles. The quantitative estimate of drug-likeness (QED) is 0.904. The fourth-order valence-corrected chi connectivity index (χ4v) is 2.91. The third-order valence-electron chi connectivity index (χ3n) is 4.06. The summed E-state index contributed by atoms with van der Waals surface area (Å²) >= 11 is 0. The molecule has 1 fully saturated rings. The molecule has 0 bridgehead atoms. The van der Waals surface area contributed by atoms with Gasteiger partial charge in [-0.25, -0.2) is 4.99 Å². The maximum absolute atomic E-state index is 6.02. The molecule has 1 aliphatic heterocycles. The van der Waals surface area contributed by atoms with Gasteiger partial charge in [0.05, 0.1) is 13.2 Å². The molecule has 3 rings (SSSR count). The summed E-state index contributed by atoms with van der Waals surface area (Å²) < 4.78 is 11.3. The molecule has 19 heavy (non-hydrogen) atoms. The molecule has 0 amide bonds. The predicted octanol–water partition coefficient (Wildman–Crippen LogP) is 1.97. The minimum absolute atomic E-state index is 0.212. The van der Waals surface area contributed by atoms with Crippen LogP contribution in [0.25, 0.3) is 0 Å². The van der Waals surface area contributed by atoms with Crippen LogP contribution in [0.3, 0.4) is 0 Å². The van der Waals surface area contributed by atoms with E-state index in [0.29, 0.717) is 12.0 Å².